The third-order valence-electron chi connectivity index (χ3n) is 3.40. The molecular formula is C17H19NO4. The van der Waals surface area contributed by atoms with Gasteiger partial charge in [0.2, 0.25) is 0 Å². The number of nitrogens with zero attached hydrogens (tertiary/aromatic N) is 1. The standard InChI is InChI=1S/C17H19NO4/c1-4-22-11-18-12(2)9-13(10-16(18)19)14-7-5-6-8-15(14)17(20)21-3/h5-10H,4,11H2,1-3H3. The minimum Gasteiger partial charge on any atom is -0.465 e. The molecule has 0 aliphatic carbocycles. The van der Waals surface area contributed by atoms with E-state index < -0.39 is 5.97 Å². The first-order valence-corrected chi connectivity index (χ1v) is 7.05. The molecule has 0 aliphatic rings. The Labute approximate surface area is 129 Å². The van der Waals surface area contributed by atoms with E-state index in [-0.39, 0.29) is 12.3 Å². The number of aryl methyl sites for hydroxylation is 1. The first kappa shape index (κ1) is 16.0. The van der Waals surface area contributed by atoms with Crippen LogP contribution < -0.4 is 5.56 Å². The molecule has 22 heavy (non-hydrogen) atoms. The molecule has 0 radical (unpaired) electrons. The van der Waals surface area contributed by atoms with Crippen LogP contribution in [0, 0.1) is 6.92 Å². The minimum atomic E-state index is -0.424. The van der Waals surface area contributed by atoms with Crippen LogP contribution >= 0.6 is 0 Å². The van der Waals surface area contributed by atoms with Gasteiger partial charge >= 0.3 is 5.97 Å². The van der Waals surface area contributed by atoms with Gasteiger partial charge in [-0.05, 0) is 37.1 Å². The maximum absolute atomic E-state index is 12.3. The molecule has 0 saturated heterocycles. The van der Waals surface area contributed by atoms with Gasteiger partial charge in [-0.15, -0.1) is 0 Å². The second kappa shape index (κ2) is 7.04. The zero-order valence-electron chi connectivity index (χ0n) is 13.0. The van der Waals surface area contributed by atoms with Crippen molar-refractivity contribution in [3.05, 3.63) is 58.0 Å². The average molecular weight is 301 g/mol. The molecule has 0 atom stereocenters. The Morgan fingerprint density at radius 2 is 1.95 bits per heavy atom. The molecule has 0 fully saturated rings. The summed E-state index contributed by atoms with van der Waals surface area (Å²) in [5.41, 5.74) is 2.42. The zero-order valence-corrected chi connectivity index (χ0v) is 13.0. The first-order valence-electron chi connectivity index (χ1n) is 7.05. The Balaban J connectivity index is 2.51. The van der Waals surface area contributed by atoms with Crippen molar-refractivity contribution in [2.45, 2.75) is 20.6 Å². The smallest absolute Gasteiger partial charge is 0.338 e. The molecule has 0 bridgehead atoms. The quantitative estimate of drug-likeness (QED) is 0.797. The molecule has 5 heteroatoms. The normalized spacial score (nSPS) is 10.5. The number of methoxy groups -OCH3 is 1. The molecule has 5 nitrogen and oxygen atoms in total. The van der Waals surface area contributed by atoms with Gasteiger partial charge in [0, 0.05) is 18.4 Å². The van der Waals surface area contributed by atoms with Crippen LogP contribution in [0.3, 0.4) is 0 Å². The van der Waals surface area contributed by atoms with Crippen LogP contribution in [0.15, 0.2) is 41.2 Å². The highest BCUT2D eigenvalue weighted by molar-refractivity contribution is 5.97. The van der Waals surface area contributed by atoms with Crippen LogP contribution in [-0.2, 0) is 16.2 Å². The number of carbonyl (C=O) groups is 1. The van der Waals surface area contributed by atoms with E-state index in [1.54, 1.807) is 22.8 Å². The van der Waals surface area contributed by atoms with E-state index in [2.05, 4.69) is 0 Å². The molecule has 1 heterocycles. The summed E-state index contributed by atoms with van der Waals surface area (Å²) < 4.78 is 11.6. The lowest BCUT2D eigenvalue weighted by molar-refractivity contribution is 0.0601. The number of hydrogen-bond donors (Lipinski definition) is 0. The van der Waals surface area contributed by atoms with Crippen molar-refractivity contribution in [1.29, 1.82) is 0 Å². The van der Waals surface area contributed by atoms with Gasteiger partial charge in [0.05, 0.1) is 12.7 Å². The molecule has 116 valence electrons. The van der Waals surface area contributed by atoms with E-state index in [0.717, 1.165) is 5.69 Å². The minimum absolute atomic E-state index is 0.164. The van der Waals surface area contributed by atoms with E-state index >= 15 is 0 Å². The number of carbonyl (C=O) groups excluding carboxylic acids is 1. The van der Waals surface area contributed by atoms with Gasteiger partial charge in [-0.25, -0.2) is 4.79 Å². The molecule has 0 saturated carbocycles. The predicted molar refractivity (Wildman–Crippen MR) is 83.8 cm³/mol. The highest BCUT2D eigenvalue weighted by atomic mass is 16.5. The van der Waals surface area contributed by atoms with E-state index in [1.165, 1.54) is 13.2 Å². The van der Waals surface area contributed by atoms with Gasteiger partial charge < -0.3 is 9.47 Å². The molecular weight excluding hydrogens is 282 g/mol. The van der Waals surface area contributed by atoms with E-state index in [9.17, 15) is 9.59 Å². The second-order valence-electron chi connectivity index (χ2n) is 4.81. The summed E-state index contributed by atoms with van der Waals surface area (Å²) in [7, 11) is 1.34. The lowest BCUT2D eigenvalue weighted by Gasteiger charge is -2.13. The summed E-state index contributed by atoms with van der Waals surface area (Å²) in [5, 5.41) is 0. The summed E-state index contributed by atoms with van der Waals surface area (Å²) in [6.07, 6.45) is 0. The van der Waals surface area contributed by atoms with E-state index in [0.29, 0.717) is 23.3 Å². The zero-order chi connectivity index (χ0) is 16.1. The maximum Gasteiger partial charge on any atom is 0.338 e. The van der Waals surface area contributed by atoms with Crippen molar-refractivity contribution in [2.24, 2.45) is 0 Å². The third kappa shape index (κ3) is 3.26. The molecule has 0 unspecified atom stereocenters. The summed E-state index contributed by atoms with van der Waals surface area (Å²) >= 11 is 0. The highest BCUT2D eigenvalue weighted by Crippen LogP contribution is 2.24. The van der Waals surface area contributed by atoms with Crippen molar-refractivity contribution in [3.63, 3.8) is 0 Å². The van der Waals surface area contributed by atoms with Gasteiger partial charge in [-0.1, -0.05) is 18.2 Å². The maximum atomic E-state index is 12.3. The summed E-state index contributed by atoms with van der Waals surface area (Å²) in [6.45, 7) is 4.48. The predicted octanol–water partition coefficient (Wildman–Crippen LogP) is 2.60. The van der Waals surface area contributed by atoms with Gasteiger partial charge in [-0.2, -0.15) is 0 Å². The van der Waals surface area contributed by atoms with Gasteiger partial charge in [0.15, 0.2) is 0 Å². The molecule has 0 N–H and O–H groups in total. The van der Waals surface area contributed by atoms with Crippen molar-refractivity contribution in [1.82, 2.24) is 4.57 Å². The lowest BCUT2D eigenvalue weighted by Crippen LogP contribution is -2.23. The Bertz CT molecular complexity index is 734. The number of benzene rings is 1. The largest absolute Gasteiger partial charge is 0.465 e. The van der Waals surface area contributed by atoms with Crippen molar-refractivity contribution in [2.75, 3.05) is 13.7 Å². The molecule has 1 aromatic carbocycles. The molecule has 0 amide bonds. The summed E-state index contributed by atoms with van der Waals surface area (Å²) in [4.78, 5) is 24.1. The van der Waals surface area contributed by atoms with Crippen LogP contribution in [0.5, 0.6) is 0 Å². The second-order valence-corrected chi connectivity index (χ2v) is 4.81. The fraction of sp³-hybridized carbons (Fsp3) is 0.294. The monoisotopic (exact) mass is 301 g/mol. The van der Waals surface area contributed by atoms with Gasteiger partial charge in [0.1, 0.15) is 6.73 Å². The first-order chi connectivity index (χ1) is 10.6. The molecule has 0 aliphatic heterocycles. The number of rotatable bonds is 5. The van der Waals surface area contributed by atoms with Crippen LogP contribution in [0.1, 0.15) is 23.0 Å². The van der Waals surface area contributed by atoms with Crippen molar-refractivity contribution >= 4 is 5.97 Å². The van der Waals surface area contributed by atoms with Crippen LogP contribution in [-0.4, -0.2) is 24.3 Å². The number of hydrogen-bond acceptors (Lipinski definition) is 4. The topological polar surface area (TPSA) is 57.5 Å². The number of esters is 1. The summed E-state index contributed by atoms with van der Waals surface area (Å²) in [6, 6.07) is 10.4. The number of pyridine rings is 1. The highest BCUT2D eigenvalue weighted by Gasteiger charge is 2.14. The third-order valence-corrected chi connectivity index (χ3v) is 3.40. The average Bonchev–Trinajstić information content (AvgIpc) is 2.53. The van der Waals surface area contributed by atoms with Gasteiger partial charge in [0.25, 0.3) is 5.56 Å². The molecule has 0 spiro atoms. The SMILES string of the molecule is CCOCn1c(C)cc(-c2ccccc2C(=O)OC)cc1=O. The molecule has 2 aromatic rings. The van der Waals surface area contributed by atoms with Crippen LogP contribution in [0.25, 0.3) is 11.1 Å². The van der Waals surface area contributed by atoms with Crippen LogP contribution in [0.2, 0.25) is 0 Å². The Hall–Kier alpha value is -2.40. The Kier molecular flexibility index (Phi) is 5.12. The Morgan fingerprint density at radius 1 is 1.23 bits per heavy atom. The lowest BCUT2D eigenvalue weighted by atomic mass is 10.00. The fourth-order valence-corrected chi connectivity index (χ4v) is 2.26. The van der Waals surface area contributed by atoms with Crippen molar-refractivity contribution in [3.8, 4) is 11.1 Å². The van der Waals surface area contributed by atoms with E-state index in [4.69, 9.17) is 9.47 Å². The van der Waals surface area contributed by atoms with Crippen molar-refractivity contribution < 1.29 is 14.3 Å². The van der Waals surface area contributed by atoms with Gasteiger partial charge in [-0.3, -0.25) is 9.36 Å². The van der Waals surface area contributed by atoms with E-state index in [1.807, 2.05) is 26.0 Å². The fourth-order valence-electron chi connectivity index (χ4n) is 2.26. The number of aromatic nitrogens is 1. The van der Waals surface area contributed by atoms with Crippen LogP contribution in [0.4, 0.5) is 0 Å². The molecule has 2 rings (SSSR count). The molecule has 1 aromatic heterocycles. The number of ether oxygens (including phenoxy) is 2. The summed E-state index contributed by atoms with van der Waals surface area (Å²) in [5.74, 6) is -0.424. The Morgan fingerprint density at radius 3 is 2.59 bits per heavy atom.